The summed E-state index contributed by atoms with van der Waals surface area (Å²) in [4.78, 5) is 12.9. The van der Waals surface area contributed by atoms with Crippen LogP contribution in [0.15, 0.2) is 0 Å². The van der Waals surface area contributed by atoms with Gasteiger partial charge in [-0.15, -0.1) is 0 Å². The molecule has 0 spiro atoms. The molecule has 0 aromatic heterocycles. The van der Waals surface area contributed by atoms with E-state index in [9.17, 15) is 4.79 Å². The molecular weight excluding hydrogens is 218 g/mol. The quantitative estimate of drug-likeness (QED) is 0.821. The lowest BCUT2D eigenvalue weighted by Gasteiger charge is -2.49. The Bertz CT molecular complexity index is 270. The van der Waals surface area contributed by atoms with Crippen molar-refractivity contribution in [3.63, 3.8) is 0 Å². The highest BCUT2D eigenvalue weighted by molar-refractivity contribution is 5.66. The van der Waals surface area contributed by atoms with Gasteiger partial charge in [0.1, 0.15) is 0 Å². The van der Waals surface area contributed by atoms with E-state index in [1.807, 2.05) is 0 Å². The van der Waals surface area contributed by atoms with Crippen molar-refractivity contribution in [1.82, 2.24) is 4.90 Å². The van der Waals surface area contributed by atoms with Gasteiger partial charge in [-0.2, -0.15) is 0 Å². The van der Waals surface area contributed by atoms with Crippen LogP contribution in [0.5, 0.6) is 0 Å². The van der Waals surface area contributed by atoms with Crippen molar-refractivity contribution in [2.45, 2.75) is 64.7 Å². The average Bonchev–Trinajstić information content (AvgIpc) is 2.08. The van der Waals surface area contributed by atoms with Gasteiger partial charge in [0, 0.05) is 25.6 Å². The zero-order valence-corrected chi connectivity index (χ0v) is 11.6. The number of carboxylic acid groups (broad SMARTS) is 1. The summed E-state index contributed by atoms with van der Waals surface area (Å²) in [5, 5.41) is 8.72. The molecule has 1 N–H and O–H groups in total. The summed E-state index contributed by atoms with van der Waals surface area (Å²) in [6.45, 7) is 12.2. The first-order valence-electron chi connectivity index (χ1n) is 6.27. The number of hydrogen-bond donors (Lipinski definition) is 1. The van der Waals surface area contributed by atoms with Crippen molar-refractivity contribution in [3.8, 4) is 0 Å². The first-order chi connectivity index (χ1) is 7.61. The van der Waals surface area contributed by atoms with Crippen LogP contribution in [0.4, 0.5) is 0 Å². The molecule has 0 aromatic carbocycles. The van der Waals surface area contributed by atoms with E-state index in [4.69, 9.17) is 9.84 Å². The molecule has 100 valence electrons. The minimum absolute atomic E-state index is 0.167. The smallest absolute Gasteiger partial charge is 0.303 e. The van der Waals surface area contributed by atoms with Crippen molar-refractivity contribution in [2.24, 2.45) is 0 Å². The van der Waals surface area contributed by atoms with Crippen LogP contribution < -0.4 is 0 Å². The highest BCUT2D eigenvalue weighted by Gasteiger charge is 2.39. The molecule has 0 bridgehead atoms. The summed E-state index contributed by atoms with van der Waals surface area (Å²) in [6.07, 6.45) is 0.931. The zero-order chi connectivity index (χ0) is 13.3. The van der Waals surface area contributed by atoms with Gasteiger partial charge in [0.05, 0.1) is 11.2 Å². The maximum atomic E-state index is 10.6. The third-order valence-corrected chi connectivity index (χ3v) is 3.12. The number of aliphatic carboxylic acids is 1. The van der Waals surface area contributed by atoms with E-state index in [-0.39, 0.29) is 23.7 Å². The third-order valence-electron chi connectivity index (χ3n) is 3.12. The fourth-order valence-electron chi connectivity index (χ4n) is 2.67. The minimum atomic E-state index is -0.719. The number of hydrogen-bond acceptors (Lipinski definition) is 3. The van der Waals surface area contributed by atoms with Crippen LogP contribution >= 0.6 is 0 Å². The van der Waals surface area contributed by atoms with Crippen molar-refractivity contribution in [1.29, 1.82) is 0 Å². The first kappa shape index (κ1) is 14.5. The van der Waals surface area contributed by atoms with E-state index in [1.54, 1.807) is 0 Å². The molecule has 1 atom stereocenters. The van der Waals surface area contributed by atoms with Gasteiger partial charge < -0.3 is 9.84 Å². The monoisotopic (exact) mass is 243 g/mol. The predicted molar refractivity (Wildman–Crippen MR) is 67.1 cm³/mol. The van der Waals surface area contributed by atoms with E-state index in [1.165, 1.54) is 0 Å². The molecule has 1 aliphatic rings. The van der Waals surface area contributed by atoms with E-state index in [0.29, 0.717) is 6.42 Å². The second-order valence-corrected chi connectivity index (χ2v) is 6.31. The molecule has 1 saturated heterocycles. The molecular formula is C13H25NO3. The van der Waals surface area contributed by atoms with Crippen LogP contribution in [-0.4, -0.2) is 46.3 Å². The van der Waals surface area contributed by atoms with Gasteiger partial charge in [0.25, 0.3) is 0 Å². The molecule has 0 aromatic rings. The van der Waals surface area contributed by atoms with Gasteiger partial charge in [-0.25, -0.2) is 0 Å². The molecule has 4 heteroatoms. The van der Waals surface area contributed by atoms with Crippen LogP contribution in [0, 0.1) is 0 Å². The second-order valence-electron chi connectivity index (χ2n) is 6.31. The summed E-state index contributed by atoms with van der Waals surface area (Å²) in [7, 11) is 0. The SMILES string of the molecule is CC(CCC(=O)O)N1CC(C)(C)OC(C)(C)C1. The summed E-state index contributed by atoms with van der Waals surface area (Å²) in [5.41, 5.74) is -0.335. The summed E-state index contributed by atoms with van der Waals surface area (Å²) in [5.74, 6) is -0.719. The Morgan fingerprint density at radius 3 is 2.18 bits per heavy atom. The molecule has 4 nitrogen and oxygen atoms in total. The van der Waals surface area contributed by atoms with Crippen LogP contribution in [0.25, 0.3) is 0 Å². The molecule has 1 heterocycles. The summed E-state index contributed by atoms with van der Waals surface area (Å²) < 4.78 is 6.01. The standard InChI is InChI=1S/C13H25NO3/c1-10(6-7-11(15)16)14-8-12(2,3)17-13(4,5)9-14/h10H,6-9H2,1-5H3,(H,15,16). The number of nitrogens with zero attached hydrogens (tertiary/aromatic N) is 1. The largest absolute Gasteiger partial charge is 0.481 e. The number of rotatable bonds is 4. The molecule has 1 fully saturated rings. The van der Waals surface area contributed by atoms with Gasteiger partial charge in [0.2, 0.25) is 0 Å². The van der Waals surface area contributed by atoms with Crippen molar-refractivity contribution in [3.05, 3.63) is 0 Å². The van der Waals surface area contributed by atoms with Gasteiger partial charge >= 0.3 is 5.97 Å². The van der Waals surface area contributed by atoms with Crippen molar-refractivity contribution < 1.29 is 14.6 Å². The van der Waals surface area contributed by atoms with Gasteiger partial charge in [-0.3, -0.25) is 9.69 Å². The molecule has 0 saturated carbocycles. The number of carbonyl (C=O) groups is 1. The molecule has 0 aliphatic carbocycles. The van der Waals surface area contributed by atoms with Crippen LogP contribution in [0.3, 0.4) is 0 Å². The highest BCUT2D eigenvalue weighted by atomic mass is 16.5. The molecule has 0 amide bonds. The Kier molecular flexibility index (Phi) is 4.20. The van der Waals surface area contributed by atoms with Crippen LogP contribution in [-0.2, 0) is 9.53 Å². The minimum Gasteiger partial charge on any atom is -0.481 e. The van der Waals surface area contributed by atoms with E-state index in [2.05, 4.69) is 39.5 Å². The normalized spacial score (nSPS) is 25.5. The van der Waals surface area contributed by atoms with Crippen molar-refractivity contribution >= 4 is 5.97 Å². The van der Waals surface area contributed by atoms with E-state index in [0.717, 1.165) is 13.1 Å². The van der Waals surface area contributed by atoms with E-state index >= 15 is 0 Å². The zero-order valence-electron chi connectivity index (χ0n) is 11.6. The molecule has 0 radical (unpaired) electrons. The summed E-state index contributed by atoms with van der Waals surface area (Å²) in [6, 6.07) is 0.286. The topological polar surface area (TPSA) is 49.8 Å². The lowest BCUT2D eigenvalue weighted by molar-refractivity contribution is -0.187. The maximum absolute atomic E-state index is 10.6. The molecule has 1 unspecified atom stereocenters. The fraction of sp³-hybridized carbons (Fsp3) is 0.923. The Morgan fingerprint density at radius 2 is 1.76 bits per heavy atom. The predicted octanol–water partition coefficient (Wildman–Crippen LogP) is 2.13. The lowest BCUT2D eigenvalue weighted by Crippen LogP contribution is -2.59. The Balaban J connectivity index is 2.60. The van der Waals surface area contributed by atoms with Crippen LogP contribution in [0.2, 0.25) is 0 Å². The number of morpholine rings is 1. The number of ether oxygens (including phenoxy) is 1. The highest BCUT2D eigenvalue weighted by Crippen LogP contribution is 2.29. The number of carboxylic acids is 1. The third kappa shape index (κ3) is 4.64. The fourth-order valence-corrected chi connectivity index (χ4v) is 2.67. The Labute approximate surface area is 104 Å². The van der Waals surface area contributed by atoms with E-state index < -0.39 is 5.97 Å². The summed E-state index contributed by atoms with van der Waals surface area (Å²) >= 11 is 0. The van der Waals surface area contributed by atoms with Gasteiger partial charge in [-0.1, -0.05) is 0 Å². The average molecular weight is 243 g/mol. The second kappa shape index (κ2) is 4.94. The first-order valence-corrected chi connectivity index (χ1v) is 6.27. The van der Waals surface area contributed by atoms with Gasteiger partial charge in [0.15, 0.2) is 0 Å². The Hall–Kier alpha value is -0.610. The molecule has 17 heavy (non-hydrogen) atoms. The van der Waals surface area contributed by atoms with Gasteiger partial charge in [-0.05, 0) is 41.0 Å². The van der Waals surface area contributed by atoms with Crippen LogP contribution in [0.1, 0.15) is 47.5 Å². The molecule has 1 rings (SSSR count). The maximum Gasteiger partial charge on any atom is 0.303 e. The molecule has 1 aliphatic heterocycles. The lowest BCUT2D eigenvalue weighted by atomic mass is 9.96. The Morgan fingerprint density at radius 1 is 1.29 bits per heavy atom. The van der Waals surface area contributed by atoms with Crippen molar-refractivity contribution in [2.75, 3.05) is 13.1 Å².